The van der Waals surface area contributed by atoms with Gasteiger partial charge >= 0.3 is 0 Å². The van der Waals surface area contributed by atoms with E-state index in [-0.39, 0.29) is 11.9 Å². The first kappa shape index (κ1) is 22.4. The molecule has 0 saturated carbocycles. The van der Waals surface area contributed by atoms with E-state index >= 15 is 0 Å². The molecule has 2 heterocycles. The van der Waals surface area contributed by atoms with Crippen LogP contribution in [0, 0.1) is 11.7 Å². The maximum Gasteiger partial charge on any atom is 0.222 e. The van der Waals surface area contributed by atoms with Crippen molar-refractivity contribution in [2.45, 2.75) is 25.9 Å². The molecule has 1 aliphatic heterocycles. The lowest BCUT2D eigenvalue weighted by molar-refractivity contribution is -0.122. The summed E-state index contributed by atoms with van der Waals surface area (Å²) in [6.45, 7) is 6.49. The van der Waals surface area contributed by atoms with Gasteiger partial charge in [0, 0.05) is 38.2 Å². The Morgan fingerprint density at radius 1 is 1.19 bits per heavy atom. The van der Waals surface area contributed by atoms with Gasteiger partial charge in [0.2, 0.25) is 5.91 Å². The first-order chi connectivity index (χ1) is 15.6. The number of benzene rings is 2. The van der Waals surface area contributed by atoms with Crippen LogP contribution in [0.3, 0.4) is 0 Å². The van der Waals surface area contributed by atoms with Crippen molar-refractivity contribution in [2.24, 2.45) is 0 Å². The summed E-state index contributed by atoms with van der Waals surface area (Å²) in [5.41, 5.74) is 3.23. The summed E-state index contributed by atoms with van der Waals surface area (Å²) in [5, 5.41) is 10.5. The highest BCUT2D eigenvalue weighted by atomic mass is 32.1. The van der Waals surface area contributed by atoms with Gasteiger partial charge in [-0.05, 0) is 30.8 Å². The maximum absolute atomic E-state index is 12.9. The summed E-state index contributed by atoms with van der Waals surface area (Å²) in [5.74, 6) is 0.741. The molecule has 0 aliphatic carbocycles. The molecule has 4 rings (SSSR count). The smallest absolute Gasteiger partial charge is 0.222 e. The summed E-state index contributed by atoms with van der Waals surface area (Å²) in [4.78, 5) is 15.3. The molecule has 1 aliphatic rings. The first-order valence-corrected chi connectivity index (χ1v) is 11.4. The number of aromatic nitrogens is 3. The van der Waals surface area contributed by atoms with Crippen molar-refractivity contribution in [2.75, 3.05) is 32.8 Å². The Morgan fingerprint density at radius 3 is 2.72 bits per heavy atom. The third-order valence-corrected chi connectivity index (χ3v) is 5.99. The number of rotatable bonds is 8. The number of amides is 1. The molecule has 1 fully saturated rings. The lowest BCUT2D eigenvalue weighted by atomic mass is 10.1. The second-order valence-electron chi connectivity index (χ2n) is 8.07. The van der Waals surface area contributed by atoms with Crippen LogP contribution in [-0.4, -0.2) is 58.4 Å². The number of aromatic amines is 1. The number of nitrogens with one attached hydrogen (secondary N) is 2. The normalized spacial score (nSPS) is 15.4. The summed E-state index contributed by atoms with van der Waals surface area (Å²) >= 11 is 5.42. The molecule has 32 heavy (non-hydrogen) atoms. The fourth-order valence-electron chi connectivity index (χ4n) is 3.97. The molecule has 7 nitrogen and oxygen atoms in total. The first-order valence-electron chi connectivity index (χ1n) is 11.0. The van der Waals surface area contributed by atoms with Crippen molar-refractivity contribution >= 4 is 18.1 Å². The summed E-state index contributed by atoms with van der Waals surface area (Å²) in [6, 6.07) is 18.2. The van der Waals surface area contributed by atoms with E-state index in [2.05, 4.69) is 38.6 Å². The van der Waals surface area contributed by atoms with Crippen LogP contribution in [0.5, 0.6) is 0 Å². The van der Waals surface area contributed by atoms with E-state index in [1.165, 1.54) is 0 Å². The largest absolute Gasteiger partial charge is 0.379 e. The molecule has 2 aromatic carbocycles. The van der Waals surface area contributed by atoms with E-state index in [0.29, 0.717) is 17.7 Å². The quantitative estimate of drug-likeness (QED) is 0.513. The van der Waals surface area contributed by atoms with Crippen LogP contribution >= 0.6 is 12.2 Å². The van der Waals surface area contributed by atoms with Gasteiger partial charge in [0.25, 0.3) is 0 Å². The van der Waals surface area contributed by atoms with Crippen molar-refractivity contribution in [3.05, 3.63) is 70.5 Å². The molecule has 1 amide bonds. The van der Waals surface area contributed by atoms with E-state index in [0.717, 1.165) is 55.4 Å². The number of carbonyl (C=O) groups excluding carboxylic acids is 1. The summed E-state index contributed by atoms with van der Waals surface area (Å²) < 4.78 is 7.87. The number of H-pyrrole nitrogens is 1. The molecule has 168 valence electrons. The summed E-state index contributed by atoms with van der Waals surface area (Å²) in [6.07, 6.45) is 0.319. The van der Waals surface area contributed by atoms with E-state index in [4.69, 9.17) is 17.0 Å². The van der Waals surface area contributed by atoms with Gasteiger partial charge in [0.05, 0.1) is 19.3 Å². The highest BCUT2D eigenvalue weighted by Crippen LogP contribution is 2.19. The molecule has 1 unspecified atom stereocenters. The molecule has 1 saturated heterocycles. The lowest BCUT2D eigenvalue weighted by Gasteiger charge is -2.31. The minimum atomic E-state index is -0.0737. The molecule has 0 spiro atoms. The third kappa shape index (κ3) is 5.70. The maximum atomic E-state index is 12.9. The van der Waals surface area contributed by atoms with Crippen LogP contribution in [0.25, 0.3) is 11.4 Å². The van der Waals surface area contributed by atoms with Crippen molar-refractivity contribution in [1.82, 2.24) is 25.0 Å². The van der Waals surface area contributed by atoms with E-state index in [9.17, 15) is 4.79 Å². The highest BCUT2D eigenvalue weighted by molar-refractivity contribution is 7.71. The molecule has 1 atom stereocenters. The Bertz CT molecular complexity index is 1090. The van der Waals surface area contributed by atoms with Gasteiger partial charge in [0.1, 0.15) is 0 Å². The fourth-order valence-corrected chi connectivity index (χ4v) is 4.19. The van der Waals surface area contributed by atoms with Gasteiger partial charge in [0.15, 0.2) is 10.6 Å². The molecular weight excluding hydrogens is 422 g/mol. The van der Waals surface area contributed by atoms with Crippen molar-refractivity contribution in [1.29, 1.82) is 0 Å². The van der Waals surface area contributed by atoms with Gasteiger partial charge < -0.3 is 10.1 Å². The van der Waals surface area contributed by atoms with Gasteiger partial charge in [-0.25, -0.2) is 0 Å². The molecule has 3 aromatic rings. The van der Waals surface area contributed by atoms with Crippen molar-refractivity contribution < 1.29 is 9.53 Å². The second kappa shape index (κ2) is 10.7. The SMILES string of the molecule is Cc1cccc(-c2n[nH]c(=S)n2CCC(=O)NC(CN2CCOCC2)c2ccccc2)c1. The Balaban J connectivity index is 1.44. The van der Waals surface area contributed by atoms with Gasteiger partial charge in [-0.2, -0.15) is 5.10 Å². The Hall–Kier alpha value is -2.81. The van der Waals surface area contributed by atoms with Gasteiger partial charge in [-0.15, -0.1) is 0 Å². The fraction of sp³-hybridized carbons (Fsp3) is 0.375. The minimum Gasteiger partial charge on any atom is -0.379 e. The number of hydrogen-bond donors (Lipinski definition) is 2. The van der Waals surface area contributed by atoms with Crippen LogP contribution in [0.2, 0.25) is 0 Å². The summed E-state index contributed by atoms with van der Waals surface area (Å²) in [7, 11) is 0. The molecule has 1 aromatic heterocycles. The van der Waals surface area contributed by atoms with E-state index < -0.39 is 0 Å². The van der Waals surface area contributed by atoms with Crippen LogP contribution in [0.4, 0.5) is 0 Å². The standard InChI is InChI=1S/C24H29N5O2S/c1-18-6-5-9-20(16-18)23-26-27-24(32)29(23)11-10-22(30)25-21(19-7-3-2-4-8-19)17-28-12-14-31-15-13-28/h2-9,16,21H,10-15,17H2,1H3,(H,25,30)(H,27,32). The molecule has 8 heteroatoms. The number of hydrogen-bond acceptors (Lipinski definition) is 5. The molecule has 0 radical (unpaired) electrons. The molecular formula is C24H29N5O2S. The molecule has 2 N–H and O–H groups in total. The Labute approximate surface area is 193 Å². The van der Waals surface area contributed by atoms with E-state index in [1.54, 1.807) is 0 Å². The van der Waals surface area contributed by atoms with Crippen molar-refractivity contribution in [3.63, 3.8) is 0 Å². The minimum absolute atomic E-state index is 0.00888. The average Bonchev–Trinajstić information content (AvgIpc) is 3.19. The number of ether oxygens (including phenoxy) is 1. The number of morpholine rings is 1. The van der Waals surface area contributed by atoms with Gasteiger partial charge in [-0.1, -0.05) is 54.1 Å². The Morgan fingerprint density at radius 2 is 1.97 bits per heavy atom. The number of carbonyl (C=O) groups is 1. The zero-order valence-corrected chi connectivity index (χ0v) is 19.1. The van der Waals surface area contributed by atoms with Gasteiger partial charge in [-0.3, -0.25) is 19.4 Å². The van der Waals surface area contributed by atoms with Crippen LogP contribution in [-0.2, 0) is 16.1 Å². The Kier molecular flexibility index (Phi) is 7.47. The molecule has 0 bridgehead atoms. The van der Waals surface area contributed by atoms with Crippen LogP contribution < -0.4 is 5.32 Å². The second-order valence-corrected chi connectivity index (χ2v) is 8.45. The highest BCUT2D eigenvalue weighted by Gasteiger charge is 2.20. The monoisotopic (exact) mass is 451 g/mol. The average molecular weight is 452 g/mol. The third-order valence-electron chi connectivity index (χ3n) is 5.68. The van der Waals surface area contributed by atoms with E-state index in [1.807, 2.05) is 47.9 Å². The van der Waals surface area contributed by atoms with Crippen LogP contribution in [0.15, 0.2) is 54.6 Å². The predicted octanol–water partition coefficient (Wildman–Crippen LogP) is 3.50. The predicted molar refractivity (Wildman–Crippen MR) is 127 cm³/mol. The zero-order valence-electron chi connectivity index (χ0n) is 18.3. The zero-order chi connectivity index (χ0) is 22.3. The van der Waals surface area contributed by atoms with Crippen LogP contribution in [0.1, 0.15) is 23.6 Å². The number of aryl methyl sites for hydroxylation is 1. The number of nitrogens with zero attached hydrogens (tertiary/aromatic N) is 3. The van der Waals surface area contributed by atoms with Crippen molar-refractivity contribution in [3.8, 4) is 11.4 Å². The lowest BCUT2D eigenvalue weighted by Crippen LogP contribution is -2.43. The topological polar surface area (TPSA) is 75.2 Å².